The van der Waals surface area contributed by atoms with E-state index < -0.39 is 85.7 Å². The standard InChI is InChI=1S/C52H83N2O13P/c1-31-17-13-12-14-18-32(2)43(63-8)29-39-22-20-37(7)52(61,67-39)49(58)50(59)54-24-16-15-19-41(54)51(60)66-44(34(4)27-38-21-23-40(53-68(11)62)45(28-38)64-9)30-42(55)33(3)26-36(6)47(57)48(65-10)46(56)35(5)25-31/h12-14,17-18,26,31,33-35,37-41,43-45,47-48,57,61,68H,15-16,19-25,27-30H2,1-11H3,(H,53,62)/b14-12+,17-13+,32-18+,36-26+/t31-,33-,34-,35-,37-,38+,39+,40?,41?,43+,44+,45-,47-,48+,52-/m1/s1. The average molecular weight is 975 g/mol. The first-order valence-corrected chi connectivity index (χ1v) is 26.8. The van der Waals surface area contributed by atoms with E-state index in [0.29, 0.717) is 56.9 Å². The first-order valence-electron chi connectivity index (χ1n) is 24.9. The zero-order chi connectivity index (χ0) is 50.5. The van der Waals surface area contributed by atoms with Crippen LogP contribution >= 0.6 is 7.95 Å². The Hall–Kier alpha value is -3.14. The summed E-state index contributed by atoms with van der Waals surface area (Å²) in [5, 5.41) is 26.6. The highest BCUT2D eigenvalue weighted by Gasteiger charge is 2.53. The first-order chi connectivity index (χ1) is 32.1. The molecule has 1 aliphatic carbocycles. The number of aliphatic hydroxyl groups is 2. The van der Waals surface area contributed by atoms with E-state index in [0.717, 1.165) is 18.4 Å². The lowest BCUT2D eigenvalue weighted by Gasteiger charge is -2.42. The van der Waals surface area contributed by atoms with Gasteiger partial charge in [-0.2, -0.15) is 0 Å². The highest BCUT2D eigenvalue weighted by Crippen LogP contribution is 2.38. The molecule has 3 fully saturated rings. The molecule has 2 saturated heterocycles. The summed E-state index contributed by atoms with van der Waals surface area (Å²) >= 11 is 0. The normalized spacial score (nSPS) is 39.6. The number of hydrogen-bond acceptors (Lipinski definition) is 13. The number of carbonyl (C=O) groups excluding carboxylic acids is 5. The number of esters is 1. The van der Waals surface area contributed by atoms with Gasteiger partial charge in [-0.3, -0.25) is 24.3 Å². The van der Waals surface area contributed by atoms with Crippen LogP contribution in [0.2, 0.25) is 0 Å². The fourth-order valence-electron chi connectivity index (χ4n) is 10.6. The Labute approximate surface area is 406 Å². The van der Waals surface area contributed by atoms with Crippen molar-refractivity contribution < 1.29 is 62.4 Å². The summed E-state index contributed by atoms with van der Waals surface area (Å²) in [7, 11) is 2.64. The number of nitrogens with one attached hydrogen (secondary N) is 1. The van der Waals surface area contributed by atoms with E-state index in [1.165, 1.54) is 12.0 Å². The molecular formula is C52H83N2O13P. The van der Waals surface area contributed by atoms with Gasteiger partial charge in [-0.15, -0.1) is 0 Å². The number of nitrogens with zero attached hydrogens (tertiary/aromatic N) is 1. The van der Waals surface area contributed by atoms with Gasteiger partial charge in [-0.1, -0.05) is 71.1 Å². The summed E-state index contributed by atoms with van der Waals surface area (Å²) < 4.78 is 41.8. The third-order valence-electron chi connectivity index (χ3n) is 14.9. The Balaban J connectivity index is 1.70. The molecule has 16 atom stereocenters. The SMILES string of the molecule is CO[C@H]1C[C@@H]2CC[C@@H](C)[C@@](O)(O2)C(=O)C(=O)N2CCCCC2C(=O)O[C@H]([C@H](C)C[C@@H]2CCC(N[PH](C)=O)[C@H](OC)C2)CC(=O)[C@H](C)/C=C(\C)[C@@H](O)[C@@H](OC)C(=O)[C@H](C)C[C@H](C)/C=C/C=C/C=C/1C. The molecule has 3 aliphatic heterocycles. The second-order valence-electron chi connectivity index (χ2n) is 20.3. The molecule has 1 saturated carbocycles. The highest BCUT2D eigenvalue weighted by molar-refractivity contribution is 7.41. The predicted octanol–water partition coefficient (Wildman–Crippen LogP) is 6.88. The van der Waals surface area contributed by atoms with Crippen molar-refractivity contribution in [3.8, 4) is 0 Å². The predicted molar refractivity (Wildman–Crippen MR) is 261 cm³/mol. The van der Waals surface area contributed by atoms with Gasteiger partial charge in [-0.25, -0.2) is 4.79 Å². The molecule has 16 heteroatoms. The van der Waals surface area contributed by atoms with Gasteiger partial charge >= 0.3 is 5.97 Å². The molecule has 4 aliphatic rings. The topological polar surface area (TPSA) is 204 Å². The van der Waals surface area contributed by atoms with Crippen LogP contribution in [0.4, 0.5) is 0 Å². The van der Waals surface area contributed by atoms with Crippen LogP contribution in [0.25, 0.3) is 0 Å². The molecule has 3 unspecified atom stereocenters. The summed E-state index contributed by atoms with van der Waals surface area (Å²) in [6, 6.07) is -1.21. The number of piperidine rings is 1. The molecule has 0 radical (unpaired) electrons. The van der Waals surface area contributed by atoms with E-state index >= 15 is 0 Å². The largest absolute Gasteiger partial charge is 0.460 e. The van der Waals surface area contributed by atoms with Gasteiger partial charge in [-0.05, 0) is 114 Å². The number of aliphatic hydroxyl groups excluding tert-OH is 1. The van der Waals surface area contributed by atoms with Crippen molar-refractivity contribution in [2.45, 2.75) is 180 Å². The molecule has 384 valence electrons. The quantitative estimate of drug-likeness (QED) is 0.0983. The summed E-state index contributed by atoms with van der Waals surface area (Å²) in [4.78, 5) is 72.1. The number of hydrogen-bond donors (Lipinski definition) is 3. The Morgan fingerprint density at radius 3 is 2.28 bits per heavy atom. The van der Waals surface area contributed by atoms with E-state index in [9.17, 15) is 38.8 Å². The lowest BCUT2D eigenvalue weighted by atomic mass is 9.78. The van der Waals surface area contributed by atoms with Crippen LogP contribution < -0.4 is 5.09 Å². The third kappa shape index (κ3) is 15.4. The lowest BCUT2D eigenvalue weighted by molar-refractivity contribution is -0.265. The summed E-state index contributed by atoms with van der Waals surface area (Å²) in [6.07, 6.45) is 12.2. The molecule has 0 aromatic rings. The minimum atomic E-state index is -2.43. The van der Waals surface area contributed by atoms with Gasteiger partial charge < -0.3 is 43.4 Å². The number of Topliss-reactive ketones (excluding diaryl/α,β-unsaturated/α-hetero) is 3. The van der Waals surface area contributed by atoms with Crippen molar-refractivity contribution in [2.24, 2.45) is 35.5 Å². The molecule has 0 aromatic heterocycles. The Bertz CT molecular complexity index is 1880. The van der Waals surface area contributed by atoms with Crippen LogP contribution in [0.5, 0.6) is 0 Å². The smallest absolute Gasteiger partial charge is 0.329 e. The zero-order valence-corrected chi connectivity index (χ0v) is 43.6. The number of carbonyl (C=O) groups is 5. The number of methoxy groups -OCH3 is 3. The molecule has 4 rings (SSSR count). The minimum absolute atomic E-state index is 0.0157. The number of rotatable bonds is 8. The number of fused-ring (bicyclic) bond motifs is 3. The van der Waals surface area contributed by atoms with E-state index in [2.05, 4.69) is 5.09 Å². The number of ketones is 3. The fourth-order valence-corrected chi connectivity index (χ4v) is 11.4. The second-order valence-corrected chi connectivity index (χ2v) is 21.7. The van der Waals surface area contributed by atoms with Gasteiger partial charge in [0.15, 0.2) is 5.78 Å². The average Bonchev–Trinajstić information content (AvgIpc) is 3.30. The van der Waals surface area contributed by atoms with Crippen LogP contribution in [0.3, 0.4) is 0 Å². The van der Waals surface area contributed by atoms with Crippen molar-refractivity contribution in [2.75, 3.05) is 34.5 Å². The number of ether oxygens (including phenoxy) is 5. The molecule has 0 spiro atoms. The zero-order valence-electron chi connectivity index (χ0n) is 42.6. The van der Waals surface area contributed by atoms with Gasteiger partial charge in [0.05, 0.1) is 18.3 Å². The molecule has 3 heterocycles. The third-order valence-corrected chi connectivity index (χ3v) is 15.7. The van der Waals surface area contributed by atoms with E-state index in [-0.39, 0.29) is 60.9 Å². The number of allylic oxidation sites excluding steroid dienone is 6. The van der Waals surface area contributed by atoms with Crippen LogP contribution in [-0.4, -0.2) is 133 Å². The van der Waals surface area contributed by atoms with Crippen molar-refractivity contribution in [1.29, 1.82) is 0 Å². The van der Waals surface area contributed by atoms with Crippen LogP contribution in [0.15, 0.2) is 47.6 Å². The van der Waals surface area contributed by atoms with E-state index in [1.807, 2.05) is 58.1 Å². The van der Waals surface area contributed by atoms with Crippen molar-refractivity contribution in [1.82, 2.24) is 9.99 Å². The monoisotopic (exact) mass is 975 g/mol. The summed E-state index contributed by atoms with van der Waals surface area (Å²) in [5.74, 6) is -7.96. The van der Waals surface area contributed by atoms with E-state index in [4.69, 9.17) is 23.7 Å². The summed E-state index contributed by atoms with van der Waals surface area (Å²) in [6.45, 7) is 14.4. The molecule has 1 amide bonds. The van der Waals surface area contributed by atoms with Gasteiger partial charge in [0.25, 0.3) is 11.7 Å². The van der Waals surface area contributed by atoms with Gasteiger partial charge in [0.2, 0.25) is 5.79 Å². The molecule has 0 aromatic carbocycles. The molecular weight excluding hydrogens is 892 g/mol. The molecule has 2 bridgehead atoms. The molecule has 3 N–H and O–H groups in total. The minimum Gasteiger partial charge on any atom is -0.460 e. The second kappa shape index (κ2) is 26.9. The fraction of sp³-hybridized carbons (Fsp3) is 0.750. The maximum atomic E-state index is 14.5. The number of cyclic esters (lactones) is 1. The van der Waals surface area contributed by atoms with Crippen LogP contribution in [-0.2, 0) is 52.2 Å². The highest BCUT2D eigenvalue weighted by atomic mass is 31.1. The van der Waals surface area contributed by atoms with Crippen LogP contribution in [0.1, 0.15) is 126 Å². The molecule has 15 nitrogen and oxygen atoms in total. The van der Waals surface area contributed by atoms with Crippen molar-refractivity contribution >= 4 is 37.2 Å². The first kappa shape index (κ1) is 57.4. The maximum absolute atomic E-state index is 14.5. The molecule has 68 heavy (non-hydrogen) atoms. The maximum Gasteiger partial charge on any atom is 0.329 e. The Kier molecular flexibility index (Phi) is 22.7. The number of amides is 1. The lowest BCUT2D eigenvalue weighted by Crippen LogP contribution is -2.61. The van der Waals surface area contributed by atoms with E-state index in [1.54, 1.807) is 47.7 Å². The summed E-state index contributed by atoms with van der Waals surface area (Å²) in [5.41, 5.74) is 1.26. The van der Waals surface area contributed by atoms with Gasteiger partial charge in [0, 0.05) is 64.5 Å². The van der Waals surface area contributed by atoms with Gasteiger partial charge in [0.1, 0.15) is 38.1 Å². The Morgan fingerprint density at radius 2 is 1.62 bits per heavy atom. The van der Waals surface area contributed by atoms with Crippen LogP contribution in [0, 0.1) is 35.5 Å². The van der Waals surface area contributed by atoms with Crippen molar-refractivity contribution in [3.05, 3.63) is 47.6 Å². The Morgan fingerprint density at radius 1 is 0.897 bits per heavy atom. The van der Waals surface area contributed by atoms with Crippen molar-refractivity contribution in [3.63, 3.8) is 0 Å².